The van der Waals surface area contributed by atoms with Crippen molar-refractivity contribution < 1.29 is 14.3 Å². The van der Waals surface area contributed by atoms with E-state index in [9.17, 15) is 4.79 Å². The van der Waals surface area contributed by atoms with Crippen molar-refractivity contribution in [2.45, 2.75) is 32.3 Å². The first-order chi connectivity index (χ1) is 17.2. The summed E-state index contributed by atoms with van der Waals surface area (Å²) in [6, 6.07) is 11.1. The summed E-state index contributed by atoms with van der Waals surface area (Å²) in [5, 5.41) is 0. The fraction of sp³-hybridized carbons (Fsp3) is 0.333. The number of amides is 1. The molecule has 1 aromatic carbocycles. The molecule has 0 radical (unpaired) electrons. The van der Waals surface area contributed by atoms with E-state index in [1.807, 2.05) is 58.1 Å². The molecule has 35 heavy (non-hydrogen) atoms. The number of para-hydroxylation sites is 1. The number of carbonyl (C=O) groups excluding carboxylic acids is 1. The quantitative estimate of drug-likeness (QED) is 0.402. The molecule has 0 bridgehead atoms. The molecule has 1 atom stereocenters. The number of aromatic nitrogens is 4. The van der Waals surface area contributed by atoms with Gasteiger partial charge in [0.15, 0.2) is 17.1 Å². The predicted octanol–water partition coefficient (Wildman–Crippen LogP) is 4.20. The Kier molecular flexibility index (Phi) is 6.88. The molecule has 0 aliphatic carbocycles. The van der Waals surface area contributed by atoms with Crippen LogP contribution in [-0.2, 0) is 13.0 Å². The fourth-order valence-electron chi connectivity index (χ4n) is 4.64. The summed E-state index contributed by atoms with van der Waals surface area (Å²) in [5.74, 6) is 1.45. The van der Waals surface area contributed by atoms with Gasteiger partial charge in [-0.2, -0.15) is 0 Å². The molecule has 1 saturated heterocycles. The molecule has 0 N–H and O–H groups in total. The maximum absolute atomic E-state index is 13.6. The third-order valence-electron chi connectivity index (χ3n) is 6.49. The number of likely N-dealkylation sites (tertiary alicyclic amines) is 1. The Balaban J connectivity index is 1.27. The first-order valence-corrected chi connectivity index (χ1v) is 12.0. The number of pyridine rings is 1. The van der Waals surface area contributed by atoms with Gasteiger partial charge in [-0.15, -0.1) is 0 Å². The van der Waals surface area contributed by atoms with Crippen LogP contribution >= 0.6 is 0 Å². The number of carbonyl (C=O) groups is 1. The van der Waals surface area contributed by atoms with Crippen LogP contribution < -0.4 is 9.47 Å². The molecule has 1 aliphatic rings. The number of rotatable bonds is 7. The van der Waals surface area contributed by atoms with Crippen LogP contribution in [0.5, 0.6) is 11.5 Å². The van der Waals surface area contributed by atoms with Crippen molar-refractivity contribution >= 4 is 11.6 Å². The molecule has 3 aromatic heterocycles. The monoisotopic (exact) mass is 471 g/mol. The molecule has 8 nitrogen and oxygen atoms in total. The average Bonchev–Trinajstić information content (AvgIpc) is 3.24. The molecule has 8 heteroatoms. The van der Waals surface area contributed by atoms with Gasteiger partial charge in [-0.1, -0.05) is 12.1 Å². The first-order valence-electron chi connectivity index (χ1n) is 12.0. The average molecular weight is 472 g/mol. The predicted molar refractivity (Wildman–Crippen MR) is 131 cm³/mol. The largest absolute Gasteiger partial charge is 0.493 e. The van der Waals surface area contributed by atoms with Crippen molar-refractivity contribution in [1.29, 1.82) is 0 Å². The van der Waals surface area contributed by atoms with E-state index in [4.69, 9.17) is 9.47 Å². The molecular formula is C27H29N5O3. The molecule has 0 spiro atoms. The first kappa shape index (κ1) is 22.8. The van der Waals surface area contributed by atoms with Gasteiger partial charge in [0.2, 0.25) is 0 Å². The smallest absolute Gasteiger partial charge is 0.257 e. The Morgan fingerprint density at radius 3 is 2.83 bits per heavy atom. The number of fused-ring (bicyclic) bond motifs is 1. The summed E-state index contributed by atoms with van der Waals surface area (Å²) in [4.78, 5) is 28.7. The van der Waals surface area contributed by atoms with E-state index in [2.05, 4.69) is 21.1 Å². The van der Waals surface area contributed by atoms with Gasteiger partial charge in [0.1, 0.15) is 6.61 Å². The van der Waals surface area contributed by atoms with Gasteiger partial charge < -0.3 is 18.8 Å². The summed E-state index contributed by atoms with van der Waals surface area (Å²) in [7, 11) is 1.59. The Morgan fingerprint density at radius 1 is 1.03 bits per heavy atom. The Bertz CT molecular complexity index is 1290. The molecule has 1 unspecified atom stereocenters. The summed E-state index contributed by atoms with van der Waals surface area (Å²) in [6.07, 6.45) is 13.2. The highest BCUT2D eigenvalue weighted by atomic mass is 16.5. The number of ether oxygens (including phenoxy) is 2. The van der Waals surface area contributed by atoms with E-state index in [0.717, 1.165) is 49.3 Å². The molecule has 4 aromatic rings. The molecular weight excluding hydrogens is 442 g/mol. The zero-order chi connectivity index (χ0) is 24.0. The van der Waals surface area contributed by atoms with Crippen LogP contribution in [0.2, 0.25) is 0 Å². The molecule has 5 rings (SSSR count). The van der Waals surface area contributed by atoms with E-state index in [0.29, 0.717) is 29.5 Å². The molecule has 1 aliphatic heterocycles. The van der Waals surface area contributed by atoms with Gasteiger partial charge in [0.05, 0.1) is 30.3 Å². The van der Waals surface area contributed by atoms with Gasteiger partial charge in [0, 0.05) is 37.9 Å². The summed E-state index contributed by atoms with van der Waals surface area (Å²) in [6.45, 7) is 1.69. The minimum absolute atomic E-state index is 0.0291. The van der Waals surface area contributed by atoms with Crippen LogP contribution in [0.3, 0.4) is 0 Å². The van der Waals surface area contributed by atoms with Crippen molar-refractivity contribution in [2.24, 2.45) is 5.92 Å². The number of imidazole rings is 1. The Morgan fingerprint density at radius 2 is 1.97 bits per heavy atom. The Labute approximate surface area is 204 Å². The van der Waals surface area contributed by atoms with Crippen molar-refractivity contribution in [3.63, 3.8) is 0 Å². The molecule has 4 heterocycles. The number of benzene rings is 1. The second kappa shape index (κ2) is 10.5. The summed E-state index contributed by atoms with van der Waals surface area (Å²) >= 11 is 0. The van der Waals surface area contributed by atoms with Crippen molar-refractivity contribution in [3.05, 3.63) is 84.3 Å². The molecule has 180 valence electrons. The third kappa shape index (κ3) is 5.26. The lowest BCUT2D eigenvalue weighted by Crippen LogP contribution is -2.32. The minimum Gasteiger partial charge on any atom is -0.493 e. The van der Waals surface area contributed by atoms with Gasteiger partial charge >= 0.3 is 0 Å². The van der Waals surface area contributed by atoms with Gasteiger partial charge in [-0.25, -0.2) is 4.98 Å². The number of hydrogen-bond donors (Lipinski definition) is 0. The molecule has 1 amide bonds. The highest BCUT2D eigenvalue weighted by Crippen LogP contribution is 2.33. The van der Waals surface area contributed by atoms with Crippen LogP contribution in [0.25, 0.3) is 5.65 Å². The highest BCUT2D eigenvalue weighted by Gasteiger charge is 2.26. The zero-order valence-corrected chi connectivity index (χ0v) is 19.8. The standard InChI is InChI=1S/C27H29N5O3/c1-34-24-9-4-8-23(26(24)35-19-21-7-2-3-11-28-21)27(33)31-13-5-6-20(10-14-31)16-22-18-32-15-12-29-25(32)17-30-22/h2-4,7-9,11-12,15,17-18,20H,5-6,10,13-14,16,19H2,1H3. The van der Waals surface area contributed by atoms with Gasteiger partial charge in [-0.3, -0.25) is 14.8 Å². The number of methoxy groups -OCH3 is 1. The highest BCUT2D eigenvalue weighted by molar-refractivity contribution is 5.97. The van der Waals surface area contributed by atoms with E-state index < -0.39 is 0 Å². The molecule has 0 saturated carbocycles. The molecule has 1 fully saturated rings. The van der Waals surface area contributed by atoms with Crippen LogP contribution in [0, 0.1) is 5.92 Å². The van der Waals surface area contributed by atoms with Crippen LogP contribution in [0.1, 0.15) is 41.0 Å². The van der Waals surface area contributed by atoms with Crippen molar-refractivity contribution in [3.8, 4) is 11.5 Å². The SMILES string of the molecule is COc1cccc(C(=O)N2CCCC(Cc3cn4ccnc4cn3)CC2)c1OCc1ccccn1. The third-order valence-corrected chi connectivity index (χ3v) is 6.49. The maximum atomic E-state index is 13.6. The van der Waals surface area contributed by atoms with Crippen LogP contribution in [0.15, 0.2) is 67.4 Å². The lowest BCUT2D eigenvalue weighted by molar-refractivity contribution is 0.0754. The zero-order valence-electron chi connectivity index (χ0n) is 19.8. The number of hydrogen-bond acceptors (Lipinski definition) is 6. The second-order valence-corrected chi connectivity index (χ2v) is 8.81. The van der Waals surface area contributed by atoms with Crippen molar-refractivity contribution in [2.75, 3.05) is 20.2 Å². The van der Waals surface area contributed by atoms with E-state index in [1.54, 1.807) is 19.5 Å². The van der Waals surface area contributed by atoms with Crippen LogP contribution in [0.4, 0.5) is 0 Å². The van der Waals surface area contributed by atoms with E-state index in [1.165, 1.54) is 0 Å². The van der Waals surface area contributed by atoms with Gasteiger partial charge in [0.25, 0.3) is 5.91 Å². The lowest BCUT2D eigenvalue weighted by Gasteiger charge is -2.23. The number of nitrogens with zero attached hydrogens (tertiary/aromatic N) is 5. The topological polar surface area (TPSA) is 81.9 Å². The van der Waals surface area contributed by atoms with E-state index >= 15 is 0 Å². The van der Waals surface area contributed by atoms with Crippen LogP contribution in [-0.4, -0.2) is 50.4 Å². The lowest BCUT2D eigenvalue weighted by atomic mass is 9.95. The normalized spacial score (nSPS) is 16.1. The fourth-order valence-corrected chi connectivity index (χ4v) is 4.64. The summed E-state index contributed by atoms with van der Waals surface area (Å²) < 4.78 is 13.6. The second-order valence-electron chi connectivity index (χ2n) is 8.81. The van der Waals surface area contributed by atoms with E-state index in [-0.39, 0.29) is 12.5 Å². The van der Waals surface area contributed by atoms with Gasteiger partial charge in [-0.05, 0) is 55.9 Å². The summed E-state index contributed by atoms with van der Waals surface area (Å²) in [5.41, 5.74) is 3.21. The minimum atomic E-state index is -0.0291. The maximum Gasteiger partial charge on any atom is 0.257 e. The Hall–Kier alpha value is -3.94. The van der Waals surface area contributed by atoms with Crippen molar-refractivity contribution in [1.82, 2.24) is 24.3 Å².